The van der Waals surface area contributed by atoms with Gasteiger partial charge < -0.3 is 11.1 Å². The fraction of sp³-hybridized carbons (Fsp3) is 0.714. The maximum atomic E-state index is 10.9. The molecule has 1 aliphatic rings. The summed E-state index contributed by atoms with van der Waals surface area (Å²) < 4.78 is 0. The molecule has 1 rings (SSSR count). The van der Waals surface area contributed by atoms with Gasteiger partial charge in [0, 0.05) is 13.0 Å². The van der Waals surface area contributed by atoms with Gasteiger partial charge in [0.1, 0.15) is 0 Å². The summed E-state index contributed by atoms with van der Waals surface area (Å²) in [6, 6.07) is 0. The van der Waals surface area contributed by atoms with Crippen molar-refractivity contribution in [2.75, 3.05) is 6.54 Å². The third kappa shape index (κ3) is 1.50. The monoisotopic (exact) mass is 156 g/mol. The molecule has 1 fully saturated rings. The van der Waals surface area contributed by atoms with E-state index in [-0.39, 0.29) is 11.8 Å². The molecular formula is C7H12N2O2. The van der Waals surface area contributed by atoms with Gasteiger partial charge in [-0.05, 0) is 13.3 Å². The summed E-state index contributed by atoms with van der Waals surface area (Å²) in [5.41, 5.74) is 4.62. The summed E-state index contributed by atoms with van der Waals surface area (Å²) in [7, 11) is 0. The van der Waals surface area contributed by atoms with E-state index in [0.717, 1.165) is 0 Å². The number of carbonyl (C=O) groups excluding carboxylic acids is 2. The number of hydrogen-bond acceptors (Lipinski definition) is 2. The maximum absolute atomic E-state index is 10.9. The zero-order valence-electron chi connectivity index (χ0n) is 6.52. The summed E-state index contributed by atoms with van der Waals surface area (Å²) in [6.07, 6.45) is 0.966. The zero-order valence-corrected chi connectivity index (χ0v) is 6.52. The Morgan fingerprint density at radius 3 is 2.73 bits per heavy atom. The van der Waals surface area contributed by atoms with E-state index < -0.39 is 5.41 Å². The molecule has 2 amide bonds. The van der Waals surface area contributed by atoms with Crippen molar-refractivity contribution in [3.63, 3.8) is 0 Å². The summed E-state index contributed by atoms with van der Waals surface area (Å²) in [5.74, 6) is -0.332. The van der Waals surface area contributed by atoms with E-state index in [0.29, 0.717) is 19.4 Å². The minimum atomic E-state index is -0.534. The van der Waals surface area contributed by atoms with Gasteiger partial charge in [-0.3, -0.25) is 9.59 Å². The van der Waals surface area contributed by atoms with Crippen LogP contribution in [-0.4, -0.2) is 18.4 Å². The number of nitrogens with one attached hydrogen (secondary N) is 1. The van der Waals surface area contributed by atoms with Gasteiger partial charge in [0.2, 0.25) is 11.8 Å². The zero-order chi connectivity index (χ0) is 8.48. The quantitative estimate of drug-likeness (QED) is 0.531. The Bertz CT molecular complexity index is 191. The molecule has 1 saturated heterocycles. The molecule has 4 heteroatoms. The second-order valence-electron chi connectivity index (χ2n) is 3.20. The molecule has 3 N–H and O–H groups in total. The predicted octanol–water partition coefficient (Wildman–Crippen LogP) is -0.612. The molecule has 4 nitrogen and oxygen atoms in total. The molecule has 0 aliphatic carbocycles. The van der Waals surface area contributed by atoms with E-state index in [4.69, 9.17) is 5.73 Å². The third-order valence-corrected chi connectivity index (χ3v) is 2.17. The van der Waals surface area contributed by atoms with Gasteiger partial charge in [-0.25, -0.2) is 0 Å². The Kier molecular flexibility index (Phi) is 1.85. The van der Waals surface area contributed by atoms with Crippen molar-refractivity contribution >= 4 is 11.8 Å². The molecule has 0 bridgehead atoms. The molecule has 0 aromatic rings. The number of nitrogens with two attached hydrogens (primary N) is 1. The average molecular weight is 156 g/mol. The van der Waals surface area contributed by atoms with Crippen LogP contribution in [0.2, 0.25) is 0 Å². The predicted molar refractivity (Wildman–Crippen MR) is 39.5 cm³/mol. The van der Waals surface area contributed by atoms with Crippen molar-refractivity contribution in [1.82, 2.24) is 5.32 Å². The van der Waals surface area contributed by atoms with E-state index in [1.54, 1.807) is 6.92 Å². The normalized spacial score (nSPS) is 31.2. The Labute approximate surface area is 65.1 Å². The van der Waals surface area contributed by atoms with Gasteiger partial charge in [-0.2, -0.15) is 0 Å². The lowest BCUT2D eigenvalue weighted by molar-refractivity contribution is -0.132. The van der Waals surface area contributed by atoms with Crippen molar-refractivity contribution < 1.29 is 9.59 Å². The molecule has 0 saturated carbocycles. The minimum absolute atomic E-state index is 0.00345. The van der Waals surface area contributed by atoms with E-state index in [9.17, 15) is 9.59 Å². The molecule has 0 aromatic carbocycles. The Balaban J connectivity index is 2.62. The number of rotatable bonds is 1. The van der Waals surface area contributed by atoms with Crippen LogP contribution in [0.4, 0.5) is 0 Å². The van der Waals surface area contributed by atoms with Gasteiger partial charge in [0.15, 0.2) is 0 Å². The SMILES string of the molecule is CC1(C(N)=O)CCC(=O)NC1. The van der Waals surface area contributed by atoms with Crippen LogP contribution >= 0.6 is 0 Å². The Morgan fingerprint density at radius 2 is 2.36 bits per heavy atom. The number of primary amides is 1. The lowest BCUT2D eigenvalue weighted by Gasteiger charge is -2.30. The van der Waals surface area contributed by atoms with Gasteiger partial charge in [-0.1, -0.05) is 0 Å². The second-order valence-corrected chi connectivity index (χ2v) is 3.20. The number of hydrogen-bond donors (Lipinski definition) is 2. The lowest BCUT2D eigenvalue weighted by Crippen LogP contribution is -2.48. The number of piperidine rings is 1. The minimum Gasteiger partial charge on any atom is -0.369 e. The van der Waals surface area contributed by atoms with Gasteiger partial charge in [0.25, 0.3) is 0 Å². The highest BCUT2D eigenvalue weighted by molar-refractivity contribution is 5.85. The second kappa shape index (κ2) is 2.53. The van der Waals surface area contributed by atoms with Gasteiger partial charge in [-0.15, -0.1) is 0 Å². The highest BCUT2D eigenvalue weighted by Gasteiger charge is 2.34. The highest BCUT2D eigenvalue weighted by atomic mass is 16.2. The van der Waals surface area contributed by atoms with E-state index in [1.165, 1.54) is 0 Å². The smallest absolute Gasteiger partial charge is 0.225 e. The van der Waals surface area contributed by atoms with Crippen molar-refractivity contribution in [3.8, 4) is 0 Å². The molecule has 1 heterocycles. The van der Waals surface area contributed by atoms with Crippen molar-refractivity contribution in [2.45, 2.75) is 19.8 Å². The largest absolute Gasteiger partial charge is 0.369 e. The molecule has 11 heavy (non-hydrogen) atoms. The number of amides is 2. The van der Waals surface area contributed by atoms with E-state index in [2.05, 4.69) is 5.32 Å². The first-order chi connectivity index (χ1) is 5.04. The molecule has 1 aliphatic heterocycles. The molecular weight excluding hydrogens is 144 g/mol. The fourth-order valence-electron chi connectivity index (χ4n) is 1.07. The van der Waals surface area contributed by atoms with Crippen LogP contribution in [-0.2, 0) is 9.59 Å². The topological polar surface area (TPSA) is 72.2 Å². The van der Waals surface area contributed by atoms with Crippen LogP contribution in [0.15, 0.2) is 0 Å². The third-order valence-electron chi connectivity index (χ3n) is 2.17. The molecule has 0 spiro atoms. The molecule has 0 radical (unpaired) electrons. The van der Waals surface area contributed by atoms with Crippen LogP contribution < -0.4 is 11.1 Å². The van der Waals surface area contributed by atoms with Crippen molar-refractivity contribution in [1.29, 1.82) is 0 Å². The summed E-state index contributed by atoms with van der Waals surface area (Å²) in [6.45, 7) is 2.15. The van der Waals surface area contributed by atoms with E-state index in [1.807, 2.05) is 0 Å². The first kappa shape index (κ1) is 8.04. The first-order valence-electron chi connectivity index (χ1n) is 3.61. The Hall–Kier alpha value is -1.06. The van der Waals surface area contributed by atoms with Gasteiger partial charge in [0.05, 0.1) is 5.41 Å². The standard InChI is InChI=1S/C7H12N2O2/c1-7(6(8)11)3-2-5(10)9-4-7/h2-4H2,1H3,(H2,8,11)(H,9,10). The summed E-state index contributed by atoms with van der Waals surface area (Å²) in [5, 5.41) is 2.61. The van der Waals surface area contributed by atoms with Crippen molar-refractivity contribution in [2.24, 2.45) is 11.1 Å². The van der Waals surface area contributed by atoms with Crippen molar-refractivity contribution in [3.05, 3.63) is 0 Å². The molecule has 1 atom stereocenters. The van der Waals surface area contributed by atoms with Crippen LogP contribution in [0.5, 0.6) is 0 Å². The molecule has 0 aromatic heterocycles. The summed E-state index contributed by atoms with van der Waals surface area (Å²) in [4.78, 5) is 21.6. The van der Waals surface area contributed by atoms with Crippen LogP contribution in [0.1, 0.15) is 19.8 Å². The summed E-state index contributed by atoms with van der Waals surface area (Å²) >= 11 is 0. The van der Waals surface area contributed by atoms with E-state index >= 15 is 0 Å². The average Bonchev–Trinajstić information content (AvgIpc) is 1.95. The van der Waals surface area contributed by atoms with Crippen LogP contribution in [0.25, 0.3) is 0 Å². The van der Waals surface area contributed by atoms with Crippen LogP contribution in [0.3, 0.4) is 0 Å². The molecule has 62 valence electrons. The molecule has 1 unspecified atom stereocenters. The van der Waals surface area contributed by atoms with Gasteiger partial charge >= 0.3 is 0 Å². The Morgan fingerprint density at radius 1 is 1.73 bits per heavy atom. The highest BCUT2D eigenvalue weighted by Crippen LogP contribution is 2.24. The fourth-order valence-corrected chi connectivity index (χ4v) is 1.07. The number of carbonyl (C=O) groups is 2. The first-order valence-corrected chi connectivity index (χ1v) is 3.61. The maximum Gasteiger partial charge on any atom is 0.225 e. The lowest BCUT2D eigenvalue weighted by atomic mass is 9.82. The van der Waals surface area contributed by atoms with Crippen LogP contribution in [0, 0.1) is 5.41 Å².